The fourth-order valence-electron chi connectivity index (χ4n) is 6.48. The Morgan fingerprint density at radius 3 is 1.06 bits per heavy atom. The maximum atomic E-state index is 5.18. The van der Waals surface area contributed by atoms with Gasteiger partial charge in [0.1, 0.15) is 0 Å². The standard InChI is InChI=1S/C44H28N4.Pd/c1-5-13-29(14-6-1)33-25-41-42-26-34(30-15-7-2-8-16-30)39(46-42)23-24-40-36(32-19-11-4-12-20-32)28-44(48-40)43-27-35(31-17-9-3-10-18-31)38(47-43)22-21-37(33)45-41;/h1-28H;/q-2;+2. The fourth-order valence-corrected chi connectivity index (χ4v) is 6.48. The van der Waals surface area contributed by atoms with Gasteiger partial charge in [-0.2, -0.15) is 0 Å². The molecule has 4 nitrogen and oxygen atoms in total. The first-order valence-corrected chi connectivity index (χ1v) is 16.1. The van der Waals surface area contributed by atoms with Crippen LogP contribution in [0, 0.1) is 0 Å². The largest absolute Gasteiger partial charge is 2.00 e. The SMILES string of the molecule is C1=C(c2ccccc2)c2ccc3[n-]c(cc3-c3ccccc3)c3nc(ccc4[n-]c(cc4-c4ccccc4)c1n2)C(c1ccccc1)=C3.[Pd+2]. The first-order valence-electron chi connectivity index (χ1n) is 16.1. The number of hydrogen-bond donors (Lipinski definition) is 0. The molecular formula is C44H28N4Pd. The summed E-state index contributed by atoms with van der Waals surface area (Å²) < 4.78 is 0. The molecule has 0 radical (unpaired) electrons. The van der Waals surface area contributed by atoms with E-state index < -0.39 is 0 Å². The van der Waals surface area contributed by atoms with Crippen LogP contribution in [0.3, 0.4) is 0 Å². The minimum atomic E-state index is 0. The van der Waals surface area contributed by atoms with Gasteiger partial charge in [0, 0.05) is 22.5 Å². The first-order chi connectivity index (χ1) is 23.8. The van der Waals surface area contributed by atoms with Crippen LogP contribution in [0.15, 0.2) is 158 Å². The molecule has 49 heavy (non-hydrogen) atoms. The zero-order valence-electron chi connectivity index (χ0n) is 26.3. The van der Waals surface area contributed by atoms with Gasteiger partial charge in [-0.3, -0.25) is 0 Å². The fraction of sp³-hybridized carbons (Fsp3) is 0. The summed E-state index contributed by atoms with van der Waals surface area (Å²) in [6.45, 7) is 0. The second kappa shape index (κ2) is 13.0. The van der Waals surface area contributed by atoms with E-state index in [2.05, 4.69) is 146 Å². The molecular weight excluding hydrogens is 691 g/mol. The maximum Gasteiger partial charge on any atom is 2.00 e. The van der Waals surface area contributed by atoms with Gasteiger partial charge in [0.15, 0.2) is 0 Å². The number of rotatable bonds is 4. The maximum absolute atomic E-state index is 5.18. The van der Waals surface area contributed by atoms with E-state index in [1.807, 2.05) is 24.3 Å². The zero-order chi connectivity index (χ0) is 31.9. The van der Waals surface area contributed by atoms with E-state index in [1.54, 1.807) is 0 Å². The third-order valence-corrected chi connectivity index (χ3v) is 8.85. The molecule has 0 unspecified atom stereocenters. The van der Waals surface area contributed by atoms with Gasteiger partial charge in [-0.25, -0.2) is 9.97 Å². The molecule has 0 fully saturated rings. The van der Waals surface area contributed by atoms with Gasteiger partial charge in [0.05, 0.1) is 11.4 Å². The summed E-state index contributed by atoms with van der Waals surface area (Å²) in [5, 5.41) is 0. The topological polar surface area (TPSA) is 54.0 Å². The molecule has 2 aliphatic rings. The van der Waals surface area contributed by atoms with Crippen molar-refractivity contribution < 1.29 is 20.4 Å². The van der Waals surface area contributed by atoms with Gasteiger partial charge in [-0.05, 0) is 57.7 Å². The number of nitrogens with zero attached hydrogens (tertiary/aromatic N) is 4. The molecule has 0 aliphatic carbocycles. The van der Waals surface area contributed by atoms with Crippen LogP contribution in [0.1, 0.15) is 33.9 Å². The molecule has 0 saturated heterocycles. The molecule has 5 heteroatoms. The van der Waals surface area contributed by atoms with Crippen molar-refractivity contribution in [2.75, 3.05) is 0 Å². The molecule has 9 rings (SSSR count). The van der Waals surface area contributed by atoms with Crippen LogP contribution < -0.4 is 9.97 Å². The van der Waals surface area contributed by atoms with Gasteiger partial charge < -0.3 is 9.97 Å². The quantitative estimate of drug-likeness (QED) is 0.170. The Kier molecular flexibility index (Phi) is 8.07. The Hall–Kier alpha value is -5.86. The molecule has 4 aromatic carbocycles. The Labute approximate surface area is 298 Å². The third-order valence-electron chi connectivity index (χ3n) is 8.85. The van der Waals surface area contributed by atoms with Crippen LogP contribution in [-0.4, -0.2) is 9.97 Å². The summed E-state index contributed by atoms with van der Waals surface area (Å²) in [6.07, 6.45) is 4.30. The smallest absolute Gasteiger partial charge is 0.656 e. The molecule has 0 atom stereocenters. The number of fused-ring (bicyclic) bond motifs is 10. The van der Waals surface area contributed by atoms with Crippen LogP contribution in [0.2, 0.25) is 0 Å². The third kappa shape index (κ3) is 5.81. The predicted molar refractivity (Wildman–Crippen MR) is 197 cm³/mol. The van der Waals surface area contributed by atoms with Crippen molar-refractivity contribution in [3.8, 4) is 22.3 Å². The van der Waals surface area contributed by atoms with Crippen LogP contribution in [-0.2, 0) is 20.4 Å². The van der Waals surface area contributed by atoms with E-state index >= 15 is 0 Å². The molecule has 0 spiro atoms. The van der Waals surface area contributed by atoms with Crippen LogP contribution in [0.4, 0.5) is 0 Å². The molecule has 8 bridgehead atoms. The molecule has 0 N–H and O–H groups in total. The summed E-state index contributed by atoms with van der Waals surface area (Å²) in [5.74, 6) is 0. The van der Waals surface area contributed by atoms with E-state index in [1.165, 1.54) is 0 Å². The Morgan fingerprint density at radius 1 is 0.347 bits per heavy atom. The van der Waals surface area contributed by atoms with E-state index in [4.69, 9.17) is 19.9 Å². The molecule has 234 valence electrons. The van der Waals surface area contributed by atoms with Crippen molar-refractivity contribution in [3.63, 3.8) is 0 Å². The number of hydrogen-bond acceptors (Lipinski definition) is 2. The monoisotopic (exact) mass is 718 g/mol. The second-order valence-electron chi connectivity index (χ2n) is 11.9. The molecule has 2 aliphatic heterocycles. The van der Waals surface area contributed by atoms with Crippen molar-refractivity contribution in [2.24, 2.45) is 0 Å². The molecule has 7 aromatic rings. The summed E-state index contributed by atoms with van der Waals surface area (Å²) in [4.78, 5) is 20.7. The minimum absolute atomic E-state index is 0. The summed E-state index contributed by atoms with van der Waals surface area (Å²) in [7, 11) is 0. The average Bonchev–Trinajstić information content (AvgIpc) is 3.95. The van der Waals surface area contributed by atoms with Crippen LogP contribution in [0.5, 0.6) is 0 Å². The van der Waals surface area contributed by atoms with Crippen molar-refractivity contribution in [2.45, 2.75) is 0 Å². The molecule has 0 saturated carbocycles. The summed E-state index contributed by atoms with van der Waals surface area (Å²) in [5.41, 5.74) is 15.4. The van der Waals surface area contributed by atoms with Gasteiger partial charge in [-0.1, -0.05) is 146 Å². The van der Waals surface area contributed by atoms with Gasteiger partial charge in [0.25, 0.3) is 0 Å². The van der Waals surface area contributed by atoms with E-state index in [0.29, 0.717) is 0 Å². The van der Waals surface area contributed by atoms with Gasteiger partial charge >= 0.3 is 20.4 Å². The minimum Gasteiger partial charge on any atom is -0.656 e. The Morgan fingerprint density at radius 2 is 0.694 bits per heavy atom. The summed E-state index contributed by atoms with van der Waals surface area (Å²) >= 11 is 0. The van der Waals surface area contributed by atoms with Crippen molar-refractivity contribution in [3.05, 3.63) is 192 Å². The predicted octanol–water partition coefficient (Wildman–Crippen LogP) is 10.1. The van der Waals surface area contributed by atoms with Gasteiger partial charge in [0.2, 0.25) is 0 Å². The van der Waals surface area contributed by atoms with E-state index in [9.17, 15) is 0 Å². The molecule has 5 heterocycles. The normalized spacial score (nSPS) is 12.2. The zero-order valence-corrected chi connectivity index (χ0v) is 27.8. The van der Waals surface area contributed by atoms with Crippen molar-refractivity contribution in [1.82, 2.24) is 19.9 Å². The molecule has 3 aromatic heterocycles. The summed E-state index contributed by atoms with van der Waals surface area (Å²) in [6, 6.07) is 54.3. The van der Waals surface area contributed by atoms with Crippen LogP contribution in [0.25, 0.3) is 67.6 Å². The van der Waals surface area contributed by atoms with E-state index in [0.717, 1.165) is 89.4 Å². The van der Waals surface area contributed by atoms with Gasteiger partial charge in [-0.15, -0.1) is 22.1 Å². The van der Waals surface area contributed by atoms with Crippen molar-refractivity contribution >= 4 is 45.4 Å². The Balaban J connectivity index is 0.00000348. The average molecular weight is 719 g/mol. The van der Waals surface area contributed by atoms with Crippen LogP contribution >= 0.6 is 0 Å². The number of aromatic nitrogens is 4. The Bertz CT molecular complexity index is 2350. The first kappa shape index (κ1) is 30.5. The van der Waals surface area contributed by atoms with E-state index in [-0.39, 0.29) is 20.4 Å². The second-order valence-corrected chi connectivity index (χ2v) is 11.9. The number of benzene rings is 4. The molecule has 0 amide bonds. The van der Waals surface area contributed by atoms with Crippen molar-refractivity contribution in [1.29, 1.82) is 0 Å².